The Morgan fingerprint density at radius 1 is 1.53 bits per heavy atom. The lowest BCUT2D eigenvalue weighted by atomic mass is 10.0. The zero-order chi connectivity index (χ0) is 11.3. The Balaban J connectivity index is 2.54. The number of thiophene rings is 1. The second-order valence-corrected chi connectivity index (χ2v) is 4.74. The van der Waals surface area contributed by atoms with Crippen LogP contribution in [0.15, 0.2) is 16.8 Å². The van der Waals surface area contributed by atoms with Crippen LogP contribution in [0.4, 0.5) is 0 Å². The third-order valence-corrected chi connectivity index (χ3v) is 3.49. The van der Waals surface area contributed by atoms with Crippen molar-refractivity contribution in [2.24, 2.45) is 11.7 Å². The van der Waals surface area contributed by atoms with Crippen molar-refractivity contribution in [1.29, 1.82) is 0 Å². The van der Waals surface area contributed by atoms with Gasteiger partial charge < -0.3 is 16.2 Å². The standard InChI is InChI=1S/C11H20N2OS/c1-8(6-14)9(2)13-11(5-12)10-3-4-15-7-10/h3-4,7-9,11,13-14H,5-6,12H2,1-2H3. The summed E-state index contributed by atoms with van der Waals surface area (Å²) in [4.78, 5) is 0. The summed E-state index contributed by atoms with van der Waals surface area (Å²) < 4.78 is 0. The molecule has 1 aromatic rings. The van der Waals surface area contributed by atoms with E-state index in [1.807, 2.05) is 6.92 Å². The molecule has 0 spiro atoms. The molecular formula is C11H20N2OS. The zero-order valence-electron chi connectivity index (χ0n) is 9.31. The fourth-order valence-corrected chi connectivity index (χ4v) is 2.13. The van der Waals surface area contributed by atoms with Crippen molar-refractivity contribution in [3.05, 3.63) is 22.4 Å². The molecule has 86 valence electrons. The van der Waals surface area contributed by atoms with Gasteiger partial charge in [-0.25, -0.2) is 0 Å². The molecule has 0 saturated heterocycles. The molecule has 0 bridgehead atoms. The summed E-state index contributed by atoms with van der Waals surface area (Å²) in [6.07, 6.45) is 0. The minimum absolute atomic E-state index is 0.195. The molecule has 3 nitrogen and oxygen atoms in total. The quantitative estimate of drug-likeness (QED) is 0.689. The SMILES string of the molecule is CC(CO)C(C)NC(CN)c1ccsc1. The van der Waals surface area contributed by atoms with Gasteiger partial charge in [0.2, 0.25) is 0 Å². The fourth-order valence-electron chi connectivity index (χ4n) is 1.41. The normalized spacial score (nSPS) is 17.3. The first-order valence-electron chi connectivity index (χ1n) is 5.28. The number of nitrogens with one attached hydrogen (secondary N) is 1. The van der Waals surface area contributed by atoms with Crippen LogP contribution in [-0.2, 0) is 0 Å². The van der Waals surface area contributed by atoms with E-state index in [0.717, 1.165) is 0 Å². The highest BCUT2D eigenvalue weighted by molar-refractivity contribution is 7.07. The van der Waals surface area contributed by atoms with Crippen LogP contribution in [0.5, 0.6) is 0 Å². The Hall–Kier alpha value is -0.420. The van der Waals surface area contributed by atoms with Crippen molar-refractivity contribution in [2.45, 2.75) is 25.9 Å². The molecule has 1 rings (SSSR count). The largest absolute Gasteiger partial charge is 0.396 e. The third kappa shape index (κ3) is 3.57. The van der Waals surface area contributed by atoms with Gasteiger partial charge >= 0.3 is 0 Å². The first-order chi connectivity index (χ1) is 7.19. The molecule has 0 fully saturated rings. The molecular weight excluding hydrogens is 208 g/mol. The predicted octanol–water partition coefficient (Wildman–Crippen LogP) is 1.35. The summed E-state index contributed by atoms with van der Waals surface area (Å²) in [6, 6.07) is 2.55. The first-order valence-corrected chi connectivity index (χ1v) is 6.22. The van der Waals surface area contributed by atoms with Crippen LogP contribution in [0.2, 0.25) is 0 Å². The molecule has 4 N–H and O–H groups in total. The lowest BCUT2D eigenvalue weighted by Crippen LogP contribution is -2.39. The van der Waals surface area contributed by atoms with Gasteiger partial charge in [0.1, 0.15) is 0 Å². The Labute approximate surface area is 95.3 Å². The molecule has 0 amide bonds. The minimum atomic E-state index is 0.195. The monoisotopic (exact) mass is 228 g/mol. The highest BCUT2D eigenvalue weighted by Crippen LogP contribution is 2.17. The highest BCUT2D eigenvalue weighted by Gasteiger charge is 2.16. The first kappa shape index (κ1) is 12.6. The number of nitrogens with two attached hydrogens (primary N) is 1. The van der Waals surface area contributed by atoms with Crippen LogP contribution in [0.1, 0.15) is 25.5 Å². The van der Waals surface area contributed by atoms with Crippen LogP contribution in [0, 0.1) is 5.92 Å². The number of rotatable bonds is 6. The summed E-state index contributed by atoms with van der Waals surface area (Å²) in [6.45, 7) is 4.89. The number of hydrogen-bond donors (Lipinski definition) is 3. The van der Waals surface area contributed by atoms with Crippen molar-refractivity contribution in [1.82, 2.24) is 5.32 Å². The van der Waals surface area contributed by atoms with E-state index in [9.17, 15) is 0 Å². The van der Waals surface area contributed by atoms with E-state index in [2.05, 4.69) is 29.1 Å². The lowest BCUT2D eigenvalue weighted by Gasteiger charge is -2.25. The zero-order valence-corrected chi connectivity index (χ0v) is 10.1. The molecule has 1 heterocycles. The van der Waals surface area contributed by atoms with Crippen molar-refractivity contribution in [2.75, 3.05) is 13.2 Å². The molecule has 0 aliphatic carbocycles. The molecule has 4 heteroatoms. The highest BCUT2D eigenvalue weighted by atomic mass is 32.1. The van der Waals surface area contributed by atoms with E-state index in [1.165, 1.54) is 5.56 Å². The van der Waals surface area contributed by atoms with Crippen molar-refractivity contribution in [3.8, 4) is 0 Å². The molecule has 1 aromatic heterocycles. The van der Waals surface area contributed by atoms with E-state index in [1.54, 1.807) is 11.3 Å². The number of aliphatic hydroxyl groups excluding tert-OH is 1. The molecule has 0 aliphatic rings. The topological polar surface area (TPSA) is 58.3 Å². The molecule has 0 aliphatic heterocycles. The Bertz CT molecular complexity index is 264. The van der Waals surface area contributed by atoms with Crippen molar-refractivity contribution >= 4 is 11.3 Å². The molecule has 15 heavy (non-hydrogen) atoms. The Kier molecular flexibility index (Phi) is 5.25. The summed E-state index contributed by atoms with van der Waals surface area (Å²) in [5.41, 5.74) is 6.97. The second kappa shape index (κ2) is 6.23. The molecule has 3 unspecified atom stereocenters. The van der Waals surface area contributed by atoms with Crippen LogP contribution < -0.4 is 11.1 Å². The van der Waals surface area contributed by atoms with Crippen LogP contribution in [-0.4, -0.2) is 24.3 Å². The Morgan fingerprint density at radius 3 is 2.73 bits per heavy atom. The van der Waals surface area contributed by atoms with Gasteiger partial charge in [-0.05, 0) is 35.2 Å². The van der Waals surface area contributed by atoms with E-state index >= 15 is 0 Å². The van der Waals surface area contributed by atoms with E-state index in [-0.39, 0.29) is 24.6 Å². The van der Waals surface area contributed by atoms with Crippen molar-refractivity contribution in [3.63, 3.8) is 0 Å². The van der Waals surface area contributed by atoms with Gasteiger partial charge in [0.05, 0.1) is 0 Å². The maximum atomic E-state index is 9.05. The lowest BCUT2D eigenvalue weighted by molar-refractivity contribution is 0.201. The maximum absolute atomic E-state index is 9.05. The van der Waals surface area contributed by atoms with E-state index in [0.29, 0.717) is 6.54 Å². The number of aliphatic hydroxyl groups is 1. The average Bonchev–Trinajstić information content (AvgIpc) is 2.77. The molecule has 3 atom stereocenters. The molecule has 0 aromatic carbocycles. The van der Waals surface area contributed by atoms with E-state index < -0.39 is 0 Å². The van der Waals surface area contributed by atoms with Gasteiger partial charge in [-0.15, -0.1) is 0 Å². The molecule has 0 radical (unpaired) electrons. The summed E-state index contributed by atoms with van der Waals surface area (Å²) in [7, 11) is 0. The smallest absolute Gasteiger partial charge is 0.0471 e. The van der Waals surface area contributed by atoms with Crippen molar-refractivity contribution < 1.29 is 5.11 Å². The predicted molar refractivity (Wildman–Crippen MR) is 65.0 cm³/mol. The van der Waals surface area contributed by atoms with Gasteiger partial charge in [0.15, 0.2) is 0 Å². The number of hydrogen-bond acceptors (Lipinski definition) is 4. The van der Waals surface area contributed by atoms with Crippen LogP contribution >= 0.6 is 11.3 Å². The van der Waals surface area contributed by atoms with Gasteiger partial charge in [-0.3, -0.25) is 0 Å². The van der Waals surface area contributed by atoms with Gasteiger partial charge in [-0.2, -0.15) is 11.3 Å². The summed E-state index contributed by atoms with van der Waals surface area (Å²) >= 11 is 1.68. The van der Waals surface area contributed by atoms with Gasteiger partial charge in [0, 0.05) is 25.2 Å². The fraction of sp³-hybridized carbons (Fsp3) is 0.636. The second-order valence-electron chi connectivity index (χ2n) is 3.96. The summed E-state index contributed by atoms with van der Waals surface area (Å²) in [5, 5.41) is 16.7. The minimum Gasteiger partial charge on any atom is -0.396 e. The van der Waals surface area contributed by atoms with Gasteiger partial charge in [0.25, 0.3) is 0 Å². The van der Waals surface area contributed by atoms with Crippen LogP contribution in [0.3, 0.4) is 0 Å². The molecule has 0 saturated carbocycles. The average molecular weight is 228 g/mol. The van der Waals surface area contributed by atoms with Crippen LogP contribution in [0.25, 0.3) is 0 Å². The summed E-state index contributed by atoms with van der Waals surface area (Å²) in [5.74, 6) is 0.248. The maximum Gasteiger partial charge on any atom is 0.0471 e. The van der Waals surface area contributed by atoms with Gasteiger partial charge in [-0.1, -0.05) is 6.92 Å². The third-order valence-electron chi connectivity index (χ3n) is 2.79. The van der Waals surface area contributed by atoms with E-state index in [4.69, 9.17) is 10.8 Å². The Morgan fingerprint density at radius 2 is 2.27 bits per heavy atom.